The molecule has 0 fully saturated rings. The van der Waals surface area contributed by atoms with Gasteiger partial charge in [-0.05, 0) is 23.8 Å². The van der Waals surface area contributed by atoms with Gasteiger partial charge in [-0.1, -0.05) is 6.07 Å². The zero-order valence-electron chi connectivity index (χ0n) is 10.8. The molecule has 0 spiro atoms. The average molecular weight is 294 g/mol. The number of methoxy groups -OCH3 is 1. The summed E-state index contributed by atoms with van der Waals surface area (Å²) in [6.07, 6.45) is 2.89. The third kappa shape index (κ3) is 3.03. The summed E-state index contributed by atoms with van der Waals surface area (Å²) in [6.45, 7) is 0.298. The summed E-state index contributed by atoms with van der Waals surface area (Å²) in [5.74, 6) is 0.217. The highest BCUT2D eigenvalue weighted by Crippen LogP contribution is 2.26. The van der Waals surface area contributed by atoms with E-state index < -0.39 is 10.0 Å². The molecule has 0 unspecified atom stereocenters. The normalized spacial score (nSPS) is 11.1. The highest BCUT2D eigenvalue weighted by atomic mass is 32.2. The minimum atomic E-state index is -3.82. The fourth-order valence-electron chi connectivity index (χ4n) is 1.59. The number of benzene rings is 1. The smallest absolute Gasteiger partial charge is 0.267 e. The Balaban J connectivity index is 2.39. The van der Waals surface area contributed by atoms with Gasteiger partial charge in [0.15, 0.2) is 0 Å². The summed E-state index contributed by atoms with van der Waals surface area (Å²) in [4.78, 5) is 7.64. The van der Waals surface area contributed by atoms with Crippen LogP contribution in [0.2, 0.25) is 0 Å². The van der Waals surface area contributed by atoms with Gasteiger partial charge in [-0.2, -0.15) is 0 Å². The molecule has 0 bridgehead atoms. The fraction of sp³-hybridized carbons (Fsp3) is 0.167. The number of hydrogen-bond acceptors (Lipinski definition) is 6. The minimum absolute atomic E-state index is 0.00236. The van der Waals surface area contributed by atoms with E-state index in [0.717, 1.165) is 5.56 Å². The van der Waals surface area contributed by atoms with E-state index in [4.69, 9.17) is 10.5 Å². The van der Waals surface area contributed by atoms with Gasteiger partial charge in [0.1, 0.15) is 10.6 Å². The van der Waals surface area contributed by atoms with Crippen molar-refractivity contribution in [1.82, 2.24) is 9.97 Å². The van der Waals surface area contributed by atoms with Crippen molar-refractivity contribution in [3.63, 3.8) is 0 Å². The van der Waals surface area contributed by atoms with Crippen LogP contribution in [0.3, 0.4) is 0 Å². The molecule has 0 atom stereocenters. The molecule has 0 aliphatic heterocycles. The van der Waals surface area contributed by atoms with Crippen molar-refractivity contribution in [3.05, 3.63) is 42.2 Å². The largest absolute Gasteiger partial charge is 0.495 e. The number of aromatic nitrogens is 2. The van der Waals surface area contributed by atoms with Gasteiger partial charge in [0, 0.05) is 18.9 Å². The minimum Gasteiger partial charge on any atom is -0.495 e. The maximum Gasteiger partial charge on any atom is 0.267 e. The van der Waals surface area contributed by atoms with Crippen molar-refractivity contribution in [2.24, 2.45) is 5.73 Å². The highest BCUT2D eigenvalue weighted by molar-refractivity contribution is 7.92. The zero-order valence-corrected chi connectivity index (χ0v) is 11.6. The summed E-state index contributed by atoms with van der Waals surface area (Å²) in [5, 5.41) is 0. The second-order valence-electron chi connectivity index (χ2n) is 3.87. The molecule has 2 aromatic rings. The molecule has 106 valence electrons. The molecule has 1 aromatic carbocycles. The van der Waals surface area contributed by atoms with Crippen LogP contribution in [0.25, 0.3) is 0 Å². The lowest BCUT2D eigenvalue weighted by atomic mass is 10.2. The molecular weight excluding hydrogens is 280 g/mol. The molecule has 0 saturated carbocycles. The van der Waals surface area contributed by atoms with Gasteiger partial charge in [-0.15, -0.1) is 0 Å². The number of nitrogens with two attached hydrogens (primary N) is 1. The molecule has 0 aliphatic rings. The Kier molecular flexibility index (Phi) is 4.16. The first-order chi connectivity index (χ1) is 9.56. The van der Waals surface area contributed by atoms with E-state index in [1.54, 1.807) is 18.2 Å². The predicted molar refractivity (Wildman–Crippen MR) is 73.7 cm³/mol. The number of ether oxygens (including phenoxy) is 1. The molecule has 3 N–H and O–H groups in total. The summed E-state index contributed by atoms with van der Waals surface area (Å²) in [6, 6.07) is 6.24. The molecule has 20 heavy (non-hydrogen) atoms. The Morgan fingerprint density at radius 2 is 2.00 bits per heavy atom. The Morgan fingerprint density at radius 1 is 1.30 bits per heavy atom. The maximum absolute atomic E-state index is 12.3. The molecule has 1 aromatic heterocycles. The van der Waals surface area contributed by atoms with Gasteiger partial charge >= 0.3 is 0 Å². The standard InChI is InChI=1S/C12H14N4O3S/c1-19-10-7-9(8-13)3-4-11(10)20(17,18)16-12-14-5-2-6-15-12/h2-7H,8,13H2,1H3,(H,14,15,16). The van der Waals surface area contributed by atoms with E-state index in [9.17, 15) is 8.42 Å². The van der Waals surface area contributed by atoms with Gasteiger partial charge in [-0.25, -0.2) is 23.1 Å². The van der Waals surface area contributed by atoms with Crippen LogP contribution in [-0.2, 0) is 16.6 Å². The third-order valence-electron chi connectivity index (χ3n) is 2.54. The number of anilines is 1. The molecule has 2 rings (SSSR count). The lowest BCUT2D eigenvalue weighted by Crippen LogP contribution is -2.16. The summed E-state index contributed by atoms with van der Waals surface area (Å²) < 4.78 is 31.9. The molecular formula is C12H14N4O3S. The first-order valence-electron chi connectivity index (χ1n) is 5.73. The van der Waals surface area contributed by atoms with Crippen LogP contribution in [0.4, 0.5) is 5.95 Å². The van der Waals surface area contributed by atoms with Crippen LogP contribution >= 0.6 is 0 Å². The van der Waals surface area contributed by atoms with Crippen molar-refractivity contribution in [1.29, 1.82) is 0 Å². The van der Waals surface area contributed by atoms with Gasteiger partial charge < -0.3 is 10.5 Å². The topological polar surface area (TPSA) is 107 Å². The van der Waals surface area contributed by atoms with Crippen molar-refractivity contribution in [2.45, 2.75) is 11.4 Å². The fourth-order valence-corrected chi connectivity index (χ4v) is 2.70. The lowest BCUT2D eigenvalue weighted by Gasteiger charge is -2.11. The molecule has 1 heterocycles. The van der Waals surface area contributed by atoms with Crippen LogP contribution in [0.15, 0.2) is 41.6 Å². The molecule has 7 nitrogen and oxygen atoms in total. The van der Waals surface area contributed by atoms with E-state index in [0.29, 0.717) is 6.54 Å². The van der Waals surface area contributed by atoms with E-state index in [1.807, 2.05) is 0 Å². The Labute approximate surface area is 116 Å². The highest BCUT2D eigenvalue weighted by Gasteiger charge is 2.20. The van der Waals surface area contributed by atoms with E-state index in [-0.39, 0.29) is 16.6 Å². The van der Waals surface area contributed by atoms with Gasteiger partial charge in [0.25, 0.3) is 10.0 Å². The van der Waals surface area contributed by atoms with Crippen molar-refractivity contribution in [2.75, 3.05) is 11.8 Å². The van der Waals surface area contributed by atoms with E-state index >= 15 is 0 Å². The van der Waals surface area contributed by atoms with Crippen molar-refractivity contribution in [3.8, 4) is 5.75 Å². The molecule has 8 heteroatoms. The lowest BCUT2D eigenvalue weighted by molar-refractivity contribution is 0.402. The molecule has 0 saturated heterocycles. The predicted octanol–water partition coefficient (Wildman–Crippen LogP) is 0.745. The monoisotopic (exact) mass is 294 g/mol. The summed E-state index contributed by atoms with van der Waals surface area (Å²) >= 11 is 0. The molecule has 0 radical (unpaired) electrons. The van der Waals surface area contributed by atoms with E-state index in [1.165, 1.54) is 25.6 Å². The number of hydrogen-bond donors (Lipinski definition) is 2. The number of nitrogens with zero attached hydrogens (tertiary/aromatic N) is 2. The van der Waals surface area contributed by atoms with Gasteiger partial charge in [-0.3, -0.25) is 0 Å². The summed E-state index contributed by atoms with van der Waals surface area (Å²) in [7, 11) is -2.43. The third-order valence-corrected chi connectivity index (χ3v) is 3.91. The van der Waals surface area contributed by atoms with Crippen molar-refractivity contribution < 1.29 is 13.2 Å². The molecule has 0 aliphatic carbocycles. The maximum atomic E-state index is 12.3. The number of sulfonamides is 1. The first-order valence-corrected chi connectivity index (χ1v) is 7.22. The average Bonchev–Trinajstić information content (AvgIpc) is 2.47. The van der Waals surface area contributed by atoms with Crippen LogP contribution < -0.4 is 15.2 Å². The van der Waals surface area contributed by atoms with E-state index in [2.05, 4.69) is 14.7 Å². The van der Waals surface area contributed by atoms with Crippen LogP contribution in [0, 0.1) is 0 Å². The zero-order chi connectivity index (χ0) is 14.6. The Bertz CT molecular complexity index is 689. The number of nitrogens with one attached hydrogen (secondary N) is 1. The van der Waals surface area contributed by atoms with Crippen molar-refractivity contribution >= 4 is 16.0 Å². The first kappa shape index (κ1) is 14.2. The number of rotatable bonds is 5. The second-order valence-corrected chi connectivity index (χ2v) is 5.52. The van der Waals surface area contributed by atoms with Crippen LogP contribution in [0.5, 0.6) is 5.75 Å². The Hall–Kier alpha value is -2.19. The molecule has 0 amide bonds. The Morgan fingerprint density at radius 3 is 2.60 bits per heavy atom. The quantitative estimate of drug-likeness (QED) is 0.842. The van der Waals surface area contributed by atoms with Gasteiger partial charge in [0.2, 0.25) is 5.95 Å². The van der Waals surface area contributed by atoms with Crippen LogP contribution in [0.1, 0.15) is 5.56 Å². The van der Waals surface area contributed by atoms with Crippen LogP contribution in [-0.4, -0.2) is 25.5 Å². The SMILES string of the molecule is COc1cc(CN)ccc1S(=O)(=O)Nc1ncccn1. The van der Waals surface area contributed by atoms with Gasteiger partial charge in [0.05, 0.1) is 7.11 Å². The second kappa shape index (κ2) is 5.85. The summed E-state index contributed by atoms with van der Waals surface area (Å²) in [5.41, 5.74) is 6.29.